The second-order valence-corrected chi connectivity index (χ2v) is 5.10. The molecule has 0 spiro atoms. The Bertz CT molecular complexity index is 395. The van der Waals surface area contributed by atoms with E-state index in [-0.39, 0.29) is 5.91 Å². The minimum absolute atomic E-state index is 0.0580. The van der Waals surface area contributed by atoms with Gasteiger partial charge in [0.15, 0.2) is 0 Å². The van der Waals surface area contributed by atoms with Crippen LogP contribution in [0.25, 0.3) is 0 Å². The van der Waals surface area contributed by atoms with Gasteiger partial charge in [0.25, 0.3) is 0 Å². The zero-order valence-electron chi connectivity index (χ0n) is 11.2. The summed E-state index contributed by atoms with van der Waals surface area (Å²) in [4.78, 5) is 11.3. The SMILES string of the molecule is CCC(=O)Nc1ccc(C(C)NCC2CC2)cc1. The molecule has 0 heterocycles. The van der Waals surface area contributed by atoms with E-state index in [1.807, 2.05) is 19.1 Å². The highest BCUT2D eigenvalue weighted by Crippen LogP contribution is 2.28. The molecule has 1 aliphatic rings. The van der Waals surface area contributed by atoms with Crippen LogP contribution >= 0.6 is 0 Å². The second kappa shape index (κ2) is 6.01. The van der Waals surface area contributed by atoms with Gasteiger partial charge in [0.1, 0.15) is 0 Å². The number of anilines is 1. The highest BCUT2D eigenvalue weighted by atomic mass is 16.1. The van der Waals surface area contributed by atoms with Gasteiger partial charge < -0.3 is 10.6 Å². The average molecular weight is 246 g/mol. The Morgan fingerprint density at radius 1 is 1.33 bits per heavy atom. The monoisotopic (exact) mass is 246 g/mol. The van der Waals surface area contributed by atoms with E-state index < -0.39 is 0 Å². The highest BCUT2D eigenvalue weighted by molar-refractivity contribution is 5.90. The maximum atomic E-state index is 11.3. The maximum absolute atomic E-state index is 11.3. The zero-order valence-corrected chi connectivity index (χ0v) is 11.2. The number of nitrogens with one attached hydrogen (secondary N) is 2. The molecule has 2 rings (SSSR count). The van der Waals surface area contributed by atoms with Crippen LogP contribution in [0.3, 0.4) is 0 Å². The van der Waals surface area contributed by atoms with Crippen molar-refractivity contribution < 1.29 is 4.79 Å². The number of carbonyl (C=O) groups is 1. The van der Waals surface area contributed by atoms with Crippen molar-refractivity contribution in [3.63, 3.8) is 0 Å². The summed E-state index contributed by atoms with van der Waals surface area (Å²) in [6.45, 7) is 5.16. The summed E-state index contributed by atoms with van der Waals surface area (Å²) in [5.41, 5.74) is 2.14. The van der Waals surface area contributed by atoms with E-state index in [0.717, 1.165) is 18.2 Å². The summed E-state index contributed by atoms with van der Waals surface area (Å²) >= 11 is 0. The van der Waals surface area contributed by atoms with Gasteiger partial charge in [0.05, 0.1) is 0 Å². The fourth-order valence-corrected chi connectivity index (χ4v) is 1.89. The summed E-state index contributed by atoms with van der Waals surface area (Å²) in [5, 5.41) is 6.40. The van der Waals surface area contributed by atoms with Gasteiger partial charge in [0.2, 0.25) is 5.91 Å². The van der Waals surface area contributed by atoms with Crippen molar-refractivity contribution >= 4 is 11.6 Å². The predicted molar refractivity (Wildman–Crippen MR) is 74.5 cm³/mol. The van der Waals surface area contributed by atoms with Gasteiger partial charge >= 0.3 is 0 Å². The van der Waals surface area contributed by atoms with Gasteiger partial charge in [-0.1, -0.05) is 19.1 Å². The molecule has 0 aliphatic heterocycles. The Morgan fingerprint density at radius 3 is 2.56 bits per heavy atom. The molecule has 0 bridgehead atoms. The quantitative estimate of drug-likeness (QED) is 0.810. The maximum Gasteiger partial charge on any atom is 0.224 e. The van der Waals surface area contributed by atoms with Crippen molar-refractivity contribution in [3.05, 3.63) is 29.8 Å². The van der Waals surface area contributed by atoms with Gasteiger partial charge in [-0.2, -0.15) is 0 Å². The molecular weight excluding hydrogens is 224 g/mol. The van der Waals surface area contributed by atoms with Crippen LogP contribution in [0.5, 0.6) is 0 Å². The molecule has 0 saturated heterocycles. The summed E-state index contributed by atoms with van der Waals surface area (Å²) < 4.78 is 0. The van der Waals surface area contributed by atoms with E-state index in [1.165, 1.54) is 18.4 Å². The Kier molecular flexibility index (Phi) is 4.37. The smallest absolute Gasteiger partial charge is 0.224 e. The van der Waals surface area contributed by atoms with Crippen LogP contribution in [-0.2, 0) is 4.79 Å². The van der Waals surface area contributed by atoms with Crippen LogP contribution < -0.4 is 10.6 Å². The van der Waals surface area contributed by atoms with Gasteiger partial charge in [-0.05, 0) is 49.9 Å². The van der Waals surface area contributed by atoms with Crippen LogP contribution in [0, 0.1) is 5.92 Å². The molecule has 18 heavy (non-hydrogen) atoms. The number of hydrogen-bond donors (Lipinski definition) is 2. The van der Waals surface area contributed by atoms with E-state index in [1.54, 1.807) is 0 Å². The Balaban J connectivity index is 1.87. The summed E-state index contributed by atoms with van der Waals surface area (Å²) in [7, 11) is 0. The van der Waals surface area contributed by atoms with Crippen molar-refractivity contribution in [1.29, 1.82) is 0 Å². The second-order valence-electron chi connectivity index (χ2n) is 5.10. The molecule has 1 aliphatic carbocycles. The van der Waals surface area contributed by atoms with Crippen LogP contribution in [0.4, 0.5) is 5.69 Å². The third-order valence-electron chi connectivity index (χ3n) is 3.43. The molecule has 1 aromatic carbocycles. The summed E-state index contributed by atoms with van der Waals surface area (Å²) in [5.74, 6) is 0.957. The topological polar surface area (TPSA) is 41.1 Å². The minimum Gasteiger partial charge on any atom is -0.326 e. The molecule has 2 N–H and O–H groups in total. The largest absolute Gasteiger partial charge is 0.326 e. The molecule has 1 saturated carbocycles. The minimum atomic E-state index is 0.0580. The number of hydrogen-bond acceptors (Lipinski definition) is 2. The van der Waals surface area contributed by atoms with Gasteiger partial charge in [-0.15, -0.1) is 0 Å². The zero-order chi connectivity index (χ0) is 13.0. The third kappa shape index (κ3) is 3.84. The predicted octanol–water partition coefficient (Wildman–Crippen LogP) is 3.10. The molecule has 3 heteroatoms. The normalized spacial score (nSPS) is 16.3. The molecule has 1 amide bonds. The van der Waals surface area contributed by atoms with Crippen molar-refractivity contribution in [2.45, 2.75) is 39.2 Å². The third-order valence-corrected chi connectivity index (χ3v) is 3.43. The molecule has 1 unspecified atom stereocenters. The van der Waals surface area contributed by atoms with E-state index in [0.29, 0.717) is 12.5 Å². The van der Waals surface area contributed by atoms with Crippen molar-refractivity contribution in [2.75, 3.05) is 11.9 Å². The Morgan fingerprint density at radius 2 is 2.00 bits per heavy atom. The lowest BCUT2D eigenvalue weighted by atomic mass is 10.1. The lowest BCUT2D eigenvalue weighted by Crippen LogP contribution is -2.21. The van der Waals surface area contributed by atoms with Crippen LogP contribution in [0.2, 0.25) is 0 Å². The lowest BCUT2D eigenvalue weighted by molar-refractivity contribution is -0.115. The van der Waals surface area contributed by atoms with Gasteiger partial charge in [-0.3, -0.25) is 4.79 Å². The molecule has 1 aromatic rings. The number of rotatable bonds is 6. The molecule has 1 atom stereocenters. The summed E-state index contributed by atoms with van der Waals surface area (Å²) in [6.07, 6.45) is 3.27. The number of amides is 1. The number of carbonyl (C=O) groups excluding carboxylic acids is 1. The molecule has 0 aromatic heterocycles. The fourth-order valence-electron chi connectivity index (χ4n) is 1.89. The Labute approximate surface area is 109 Å². The molecule has 98 valence electrons. The first-order valence-corrected chi connectivity index (χ1v) is 6.82. The van der Waals surface area contributed by atoms with Crippen LogP contribution in [0.1, 0.15) is 44.7 Å². The highest BCUT2D eigenvalue weighted by Gasteiger charge is 2.21. The van der Waals surface area contributed by atoms with Crippen LogP contribution in [-0.4, -0.2) is 12.5 Å². The van der Waals surface area contributed by atoms with E-state index >= 15 is 0 Å². The standard InChI is InChI=1S/C15H22N2O/c1-3-15(18)17-14-8-6-13(7-9-14)11(2)16-10-12-4-5-12/h6-9,11-12,16H,3-5,10H2,1-2H3,(H,17,18). The molecular formula is C15H22N2O. The van der Waals surface area contributed by atoms with Crippen LogP contribution in [0.15, 0.2) is 24.3 Å². The van der Waals surface area contributed by atoms with Crippen molar-refractivity contribution in [1.82, 2.24) is 5.32 Å². The summed E-state index contributed by atoms with van der Waals surface area (Å²) in [6, 6.07) is 8.48. The fraction of sp³-hybridized carbons (Fsp3) is 0.533. The number of benzene rings is 1. The molecule has 0 radical (unpaired) electrons. The van der Waals surface area contributed by atoms with E-state index in [4.69, 9.17) is 0 Å². The average Bonchev–Trinajstić information content (AvgIpc) is 3.20. The lowest BCUT2D eigenvalue weighted by Gasteiger charge is -2.14. The van der Waals surface area contributed by atoms with E-state index in [2.05, 4.69) is 29.7 Å². The van der Waals surface area contributed by atoms with E-state index in [9.17, 15) is 4.79 Å². The molecule has 3 nitrogen and oxygen atoms in total. The first-order valence-electron chi connectivity index (χ1n) is 6.82. The first-order chi connectivity index (χ1) is 8.69. The first kappa shape index (κ1) is 13.1. The van der Waals surface area contributed by atoms with Crippen molar-refractivity contribution in [2.24, 2.45) is 5.92 Å². The molecule has 1 fully saturated rings. The Hall–Kier alpha value is -1.35. The van der Waals surface area contributed by atoms with Crippen molar-refractivity contribution in [3.8, 4) is 0 Å². The van der Waals surface area contributed by atoms with Gasteiger partial charge in [-0.25, -0.2) is 0 Å². The van der Waals surface area contributed by atoms with Gasteiger partial charge in [0, 0.05) is 18.2 Å².